The van der Waals surface area contributed by atoms with E-state index in [1.165, 1.54) is 0 Å². The first-order valence-corrected chi connectivity index (χ1v) is 7.86. The number of hydrogen-bond donors (Lipinski definition) is 3. The van der Waals surface area contributed by atoms with E-state index in [0.29, 0.717) is 12.6 Å². The lowest BCUT2D eigenvalue weighted by atomic mass is 9.96. The third-order valence-electron chi connectivity index (χ3n) is 4.08. The second-order valence-corrected chi connectivity index (χ2v) is 5.99. The van der Waals surface area contributed by atoms with Gasteiger partial charge in [0.05, 0.1) is 6.54 Å². The van der Waals surface area contributed by atoms with Gasteiger partial charge in [-0.1, -0.05) is 37.3 Å². The molecule has 2 atom stereocenters. The van der Waals surface area contributed by atoms with E-state index in [4.69, 9.17) is 0 Å². The lowest BCUT2D eigenvalue weighted by molar-refractivity contribution is 0.0593. The number of rotatable bonds is 8. The molecule has 0 heterocycles. The van der Waals surface area contributed by atoms with E-state index in [0.717, 1.165) is 18.5 Å². The van der Waals surface area contributed by atoms with Gasteiger partial charge in [-0.05, 0) is 32.9 Å². The van der Waals surface area contributed by atoms with Crippen molar-refractivity contribution in [2.75, 3.05) is 26.7 Å². The fraction of sp³-hybridized carbons (Fsp3) is 0.588. The van der Waals surface area contributed by atoms with Gasteiger partial charge < -0.3 is 20.6 Å². The number of aliphatic hydroxyl groups is 1. The first-order chi connectivity index (χ1) is 10.4. The molecule has 5 nitrogen and oxygen atoms in total. The number of urea groups is 1. The van der Waals surface area contributed by atoms with E-state index in [9.17, 15) is 9.90 Å². The highest BCUT2D eigenvalue weighted by molar-refractivity contribution is 5.73. The number of benzene rings is 1. The zero-order chi connectivity index (χ0) is 16.6. The predicted molar refractivity (Wildman–Crippen MR) is 89.8 cm³/mol. The van der Waals surface area contributed by atoms with Gasteiger partial charge in [0, 0.05) is 19.1 Å². The molecule has 2 unspecified atom stereocenters. The van der Waals surface area contributed by atoms with Gasteiger partial charge in [-0.2, -0.15) is 0 Å². The molecule has 1 aromatic carbocycles. The van der Waals surface area contributed by atoms with Crippen LogP contribution in [-0.4, -0.2) is 48.8 Å². The van der Waals surface area contributed by atoms with Crippen LogP contribution >= 0.6 is 0 Å². The molecule has 0 aliphatic carbocycles. The summed E-state index contributed by atoms with van der Waals surface area (Å²) in [5, 5.41) is 15.9. The van der Waals surface area contributed by atoms with Gasteiger partial charge in [0.2, 0.25) is 0 Å². The molecule has 0 saturated carbocycles. The predicted octanol–water partition coefficient (Wildman–Crippen LogP) is 1.92. The van der Waals surface area contributed by atoms with Crippen molar-refractivity contribution in [3.8, 4) is 0 Å². The van der Waals surface area contributed by atoms with E-state index in [1.807, 2.05) is 37.4 Å². The molecule has 0 aliphatic heterocycles. The fourth-order valence-corrected chi connectivity index (χ4v) is 2.09. The molecule has 0 aliphatic rings. The Morgan fingerprint density at radius 1 is 1.32 bits per heavy atom. The summed E-state index contributed by atoms with van der Waals surface area (Å²) in [4.78, 5) is 14.0. The number of carbonyl (C=O) groups excluding carboxylic acids is 1. The number of nitrogens with zero attached hydrogens (tertiary/aromatic N) is 1. The molecule has 0 radical (unpaired) electrons. The fourth-order valence-electron chi connectivity index (χ4n) is 2.09. The Kier molecular flexibility index (Phi) is 7.35. The largest absolute Gasteiger partial charge is 0.384 e. The number of nitrogens with one attached hydrogen (secondary N) is 2. The highest BCUT2D eigenvalue weighted by Crippen LogP contribution is 2.18. The molecule has 5 heteroatoms. The van der Waals surface area contributed by atoms with E-state index in [2.05, 4.69) is 29.4 Å². The smallest absolute Gasteiger partial charge is 0.314 e. The molecule has 124 valence electrons. The van der Waals surface area contributed by atoms with Crippen LogP contribution in [0, 0.1) is 0 Å². The van der Waals surface area contributed by atoms with Crippen LogP contribution in [-0.2, 0) is 5.60 Å². The highest BCUT2D eigenvalue weighted by Gasteiger charge is 2.23. The minimum absolute atomic E-state index is 0.171. The van der Waals surface area contributed by atoms with Crippen molar-refractivity contribution >= 4 is 6.03 Å². The van der Waals surface area contributed by atoms with Gasteiger partial charge in [0.15, 0.2) is 0 Å². The minimum atomic E-state index is -1.08. The van der Waals surface area contributed by atoms with E-state index in [1.54, 1.807) is 6.92 Å². The molecule has 0 fully saturated rings. The van der Waals surface area contributed by atoms with E-state index < -0.39 is 5.60 Å². The lowest BCUT2D eigenvalue weighted by Crippen LogP contribution is -2.45. The van der Waals surface area contributed by atoms with Crippen molar-refractivity contribution in [1.82, 2.24) is 15.5 Å². The zero-order valence-corrected chi connectivity index (χ0v) is 14.1. The third kappa shape index (κ3) is 6.03. The number of amides is 2. The van der Waals surface area contributed by atoms with Gasteiger partial charge in [0.1, 0.15) is 5.60 Å². The van der Waals surface area contributed by atoms with Crippen LogP contribution in [0.5, 0.6) is 0 Å². The average Bonchev–Trinajstić information content (AvgIpc) is 2.53. The quantitative estimate of drug-likeness (QED) is 0.687. The summed E-state index contributed by atoms with van der Waals surface area (Å²) in [6, 6.07) is 9.58. The second kappa shape index (κ2) is 8.76. The van der Waals surface area contributed by atoms with Gasteiger partial charge in [-0.3, -0.25) is 0 Å². The standard InChI is InChI=1S/C17H29N3O2/c1-5-14(2)20(4)12-11-18-16(21)19-13-17(3,22)15-9-7-6-8-10-15/h6-10,14,22H,5,11-13H2,1-4H3,(H2,18,19,21). The van der Waals surface area contributed by atoms with Crippen molar-refractivity contribution in [3.63, 3.8) is 0 Å². The number of hydrogen-bond acceptors (Lipinski definition) is 3. The van der Waals surface area contributed by atoms with E-state index in [-0.39, 0.29) is 12.6 Å². The SMILES string of the molecule is CCC(C)N(C)CCNC(=O)NCC(C)(O)c1ccccc1. The Hall–Kier alpha value is -1.59. The van der Waals surface area contributed by atoms with Crippen LogP contribution in [0.15, 0.2) is 30.3 Å². The lowest BCUT2D eigenvalue weighted by Gasteiger charge is -2.25. The van der Waals surface area contributed by atoms with Crippen LogP contribution in [0.3, 0.4) is 0 Å². The summed E-state index contributed by atoms with van der Waals surface area (Å²) in [6.07, 6.45) is 1.09. The van der Waals surface area contributed by atoms with Crippen LogP contribution in [0.1, 0.15) is 32.8 Å². The Morgan fingerprint density at radius 2 is 1.95 bits per heavy atom. The highest BCUT2D eigenvalue weighted by atomic mass is 16.3. The van der Waals surface area contributed by atoms with Crippen molar-refractivity contribution < 1.29 is 9.90 Å². The number of likely N-dealkylation sites (N-methyl/N-ethyl adjacent to an activating group) is 1. The molecule has 1 rings (SSSR count). The summed E-state index contributed by atoms with van der Waals surface area (Å²) in [5.41, 5.74) is -0.293. The molecule has 0 aromatic heterocycles. The zero-order valence-electron chi connectivity index (χ0n) is 14.1. The summed E-state index contributed by atoms with van der Waals surface area (Å²) < 4.78 is 0. The molecule has 22 heavy (non-hydrogen) atoms. The minimum Gasteiger partial charge on any atom is -0.384 e. The first-order valence-electron chi connectivity index (χ1n) is 7.86. The average molecular weight is 307 g/mol. The Labute approximate surface area is 133 Å². The molecular formula is C17H29N3O2. The van der Waals surface area contributed by atoms with Crippen molar-refractivity contribution in [2.24, 2.45) is 0 Å². The van der Waals surface area contributed by atoms with Crippen LogP contribution in [0.4, 0.5) is 4.79 Å². The molecular weight excluding hydrogens is 278 g/mol. The van der Waals surface area contributed by atoms with Gasteiger partial charge in [-0.25, -0.2) is 4.79 Å². The third-order valence-corrected chi connectivity index (χ3v) is 4.08. The maximum atomic E-state index is 11.8. The molecule has 0 bridgehead atoms. The molecule has 3 N–H and O–H groups in total. The van der Waals surface area contributed by atoms with Crippen LogP contribution < -0.4 is 10.6 Å². The molecule has 0 spiro atoms. The van der Waals surface area contributed by atoms with Crippen LogP contribution in [0.2, 0.25) is 0 Å². The summed E-state index contributed by atoms with van der Waals surface area (Å²) in [5.74, 6) is 0. The maximum absolute atomic E-state index is 11.8. The Balaban J connectivity index is 2.31. The maximum Gasteiger partial charge on any atom is 0.314 e. The summed E-state index contributed by atoms with van der Waals surface area (Å²) in [6.45, 7) is 7.56. The normalized spacial score (nSPS) is 15.2. The molecule has 1 aromatic rings. The van der Waals surface area contributed by atoms with Gasteiger partial charge in [0.25, 0.3) is 0 Å². The second-order valence-electron chi connectivity index (χ2n) is 5.99. The number of carbonyl (C=O) groups is 1. The molecule has 0 saturated heterocycles. The Morgan fingerprint density at radius 3 is 2.55 bits per heavy atom. The van der Waals surface area contributed by atoms with Gasteiger partial charge in [-0.15, -0.1) is 0 Å². The van der Waals surface area contributed by atoms with Crippen molar-refractivity contribution in [1.29, 1.82) is 0 Å². The summed E-state index contributed by atoms with van der Waals surface area (Å²) >= 11 is 0. The van der Waals surface area contributed by atoms with Gasteiger partial charge >= 0.3 is 6.03 Å². The van der Waals surface area contributed by atoms with Crippen LogP contribution in [0.25, 0.3) is 0 Å². The molecule has 2 amide bonds. The van der Waals surface area contributed by atoms with Crippen molar-refractivity contribution in [3.05, 3.63) is 35.9 Å². The van der Waals surface area contributed by atoms with Crippen molar-refractivity contribution in [2.45, 2.75) is 38.8 Å². The van der Waals surface area contributed by atoms with E-state index >= 15 is 0 Å². The topological polar surface area (TPSA) is 64.6 Å². The first kappa shape index (κ1) is 18.5. The monoisotopic (exact) mass is 307 g/mol. The Bertz CT molecular complexity index is 448. The summed E-state index contributed by atoms with van der Waals surface area (Å²) in [7, 11) is 2.05.